The molecule has 27 heavy (non-hydrogen) atoms. The van der Waals surface area contributed by atoms with E-state index >= 15 is 0 Å². The Kier molecular flexibility index (Phi) is 4.63. The van der Waals surface area contributed by atoms with Crippen LogP contribution < -0.4 is 0 Å². The maximum atomic E-state index is 10.6. The van der Waals surface area contributed by atoms with Gasteiger partial charge in [-0.2, -0.15) is 0 Å². The lowest BCUT2D eigenvalue weighted by atomic mass is 9.44. The van der Waals surface area contributed by atoms with Crippen LogP contribution in [0.25, 0.3) is 0 Å². The van der Waals surface area contributed by atoms with Crippen LogP contribution in [0.15, 0.2) is 11.6 Å². The molecule has 0 aromatic carbocycles. The van der Waals surface area contributed by atoms with Gasteiger partial charge < -0.3 is 19.7 Å². The Hall–Kier alpha value is -0.420. The van der Waals surface area contributed by atoms with Crippen molar-refractivity contribution in [2.75, 3.05) is 13.2 Å². The van der Waals surface area contributed by atoms with Gasteiger partial charge in [-0.1, -0.05) is 32.4 Å². The van der Waals surface area contributed by atoms with E-state index in [4.69, 9.17) is 9.47 Å². The molecule has 1 saturated heterocycles. The maximum absolute atomic E-state index is 10.6. The molecular formula is C23H38O4. The highest BCUT2D eigenvalue weighted by atomic mass is 16.7. The lowest BCUT2D eigenvalue weighted by Gasteiger charge is -2.61. The van der Waals surface area contributed by atoms with E-state index in [1.807, 2.05) is 13.8 Å². The molecule has 4 aliphatic rings. The predicted molar refractivity (Wildman–Crippen MR) is 105 cm³/mol. The maximum Gasteiger partial charge on any atom is 0.163 e. The minimum Gasteiger partial charge on any atom is -0.396 e. The van der Waals surface area contributed by atoms with Crippen molar-refractivity contribution in [1.29, 1.82) is 0 Å². The molecule has 2 saturated carbocycles. The smallest absolute Gasteiger partial charge is 0.163 e. The fraction of sp³-hybridized carbons (Fsp3) is 0.913. The Labute approximate surface area is 164 Å². The standard InChI is InChI=1S/C23H38O4/c1-20(2)26-13-19(27-20)21(3)9-8-17-15(10-21)6-7-18-22(4,14-24)11-16(25)12-23(17,18)5/h10,16-19,24-25H,6-9,11-14H2,1-5H3/t16-,17-,18-,19+,21+,22+,23+/m1/s1. The summed E-state index contributed by atoms with van der Waals surface area (Å²) >= 11 is 0. The Balaban J connectivity index is 1.63. The number of hydrogen-bond acceptors (Lipinski definition) is 4. The van der Waals surface area contributed by atoms with Gasteiger partial charge in [-0.3, -0.25) is 0 Å². The summed E-state index contributed by atoms with van der Waals surface area (Å²) in [6.45, 7) is 11.7. The average Bonchev–Trinajstić information content (AvgIpc) is 2.94. The van der Waals surface area contributed by atoms with E-state index in [0.29, 0.717) is 18.4 Å². The first-order chi connectivity index (χ1) is 12.5. The molecule has 1 aliphatic heterocycles. The number of aliphatic hydroxyl groups is 2. The van der Waals surface area contributed by atoms with Gasteiger partial charge in [-0.15, -0.1) is 0 Å². The van der Waals surface area contributed by atoms with Gasteiger partial charge in [-0.25, -0.2) is 0 Å². The summed E-state index contributed by atoms with van der Waals surface area (Å²) < 4.78 is 12.1. The van der Waals surface area contributed by atoms with Crippen molar-refractivity contribution in [2.45, 2.75) is 91.1 Å². The average molecular weight is 379 g/mol. The van der Waals surface area contributed by atoms with Gasteiger partial charge in [0.25, 0.3) is 0 Å². The molecule has 3 aliphatic carbocycles. The lowest BCUT2D eigenvalue weighted by molar-refractivity contribution is -0.154. The zero-order chi connectivity index (χ0) is 19.7. The summed E-state index contributed by atoms with van der Waals surface area (Å²) in [4.78, 5) is 0. The molecule has 0 aromatic heterocycles. The normalized spacial score (nSPS) is 52.0. The molecule has 0 unspecified atom stereocenters. The number of fused-ring (bicyclic) bond motifs is 3. The molecule has 4 nitrogen and oxygen atoms in total. The molecule has 2 N–H and O–H groups in total. The molecule has 0 radical (unpaired) electrons. The van der Waals surface area contributed by atoms with Crippen LogP contribution in [0.1, 0.15) is 73.1 Å². The fourth-order valence-electron chi connectivity index (χ4n) is 7.25. The Morgan fingerprint density at radius 1 is 1.11 bits per heavy atom. The number of aliphatic hydroxyl groups excluding tert-OH is 2. The van der Waals surface area contributed by atoms with Crippen LogP contribution in [0.5, 0.6) is 0 Å². The lowest BCUT2D eigenvalue weighted by Crippen LogP contribution is -2.56. The fourth-order valence-corrected chi connectivity index (χ4v) is 7.25. The summed E-state index contributed by atoms with van der Waals surface area (Å²) in [6, 6.07) is 0. The van der Waals surface area contributed by atoms with Crippen molar-refractivity contribution in [1.82, 2.24) is 0 Å². The second-order valence-electron chi connectivity index (χ2n) is 11.1. The molecule has 0 bridgehead atoms. The Bertz CT molecular complexity index is 628. The molecule has 4 rings (SSSR count). The topological polar surface area (TPSA) is 58.9 Å². The summed E-state index contributed by atoms with van der Waals surface area (Å²) in [7, 11) is 0. The van der Waals surface area contributed by atoms with Crippen molar-refractivity contribution in [3.63, 3.8) is 0 Å². The third-order valence-electron chi connectivity index (χ3n) is 8.57. The predicted octanol–water partition coefficient (Wildman–Crippen LogP) is 4.05. The van der Waals surface area contributed by atoms with Crippen molar-refractivity contribution in [2.24, 2.45) is 28.1 Å². The van der Waals surface area contributed by atoms with E-state index in [2.05, 4.69) is 26.8 Å². The minimum absolute atomic E-state index is 0.0242. The molecule has 0 amide bonds. The molecular weight excluding hydrogens is 340 g/mol. The van der Waals surface area contributed by atoms with Gasteiger partial charge >= 0.3 is 0 Å². The van der Waals surface area contributed by atoms with Crippen molar-refractivity contribution in [3.05, 3.63) is 11.6 Å². The first kappa shape index (κ1) is 19.9. The molecule has 7 atom stereocenters. The zero-order valence-corrected chi connectivity index (χ0v) is 17.8. The highest BCUT2D eigenvalue weighted by molar-refractivity contribution is 5.26. The largest absolute Gasteiger partial charge is 0.396 e. The summed E-state index contributed by atoms with van der Waals surface area (Å²) in [5.74, 6) is 0.513. The van der Waals surface area contributed by atoms with Crippen LogP contribution in [-0.4, -0.2) is 41.4 Å². The molecule has 0 spiro atoms. The molecule has 3 fully saturated rings. The number of allylic oxidation sites excluding steroid dienone is 1. The monoisotopic (exact) mass is 378 g/mol. The van der Waals surface area contributed by atoms with Crippen molar-refractivity contribution >= 4 is 0 Å². The third-order valence-corrected chi connectivity index (χ3v) is 8.57. The van der Waals surface area contributed by atoms with Crippen molar-refractivity contribution in [3.8, 4) is 0 Å². The van der Waals surface area contributed by atoms with E-state index in [1.165, 1.54) is 0 Å². The van der Waals surface area contributed by atoms with Crippen LogP contribution in [-0.2, 0) is 9.47 Å². The van der Waals surface area contributed by atoms with Crippen LogP contribution >= 0.6 is 0 Å². The second kappa shape index (κ2) is 6.29. The first-order valence-electron chi connectivity index (χ1n) is 10.8. The van der Waals surface area contributed by atoms with E-state index in [0.717, 1.165) is 38.5 Å². The highest BCUT2D eigenvalue weighted by Crippen LogP contribution is 2.64. The number of ether oxygens (including phenoxy) is 2. The van der Waals surface area contributed by atoms with Gasteiger partial charge in [0.15, 0.2) is 5.79 Å². The van der Waals surface area contributed by atoms with Crippen LogP contribution in [0.3, 0.4) is 0 Å². The minimum atomic E-state index is -0.483. The van der Waals surface area contributed by atoms with Crippen LogP contribution in [0.4, 0.5) is 0 Å². The number of rotatable bonds is 2. The molecule has 1 heterocycles. The molecule has 0 aromatic rings. The SMILES string of the molecule is CC1(C)OC[C@@H]([C@]2(C)C=C3CC[C@@H]4[C@](C)(CO)C[C@@H](O)C[C@@]4(C)[C@@H]3CC2)O1. The van der Waals surface area contributed by atoms with Gasteiger partial charge in [-0.05, 0) is 75.0 Å². The van der Waals surface area contributed by atoms with Crippen LogP contribution in [0.2, 0.25) is 0 Å². The van der Waals surface area contributed by atoms with Crippen LogP contribution in [0, 0.1) is 28.1 Å². The zero-order valence-electron chi connectivity index (χ0n) is 17.8. The summed E-state index contributed by atoms with van der Waals surface area (Å²) in [5, 5.41) is 20.8. The highest BCUT2D eigenvalue weighted by Gasteiger charge is 2.58. The van der Waals surface area contributed by atoms with E-state index < -0.39 is 5.79 Å². The Morgan fingerprint density at radius 3 is 2.48 bits per heavy atom. The summed E-state index contributed by atoms with van der Waals surface area (Å²) in [5.41, 5.74) is 1.50. The van der Waals surface area contributed by atoms with Gasteiger partial charge in [0.1, 0.15) is 0 Å². The summed E-state index contributed by atoms with van der Waals surface area (Å²) in [6.07, 6.45) is 8.39. The Morgan fingerprint density at radius 2 is 1.85 bits per heavy atom. The van der Waals surface area contributed by atoms with E-state index in [1.54, 1.807) is 5.57 Å². The first-order valence-corrected chi connectivity index (χ1v) is 10.8. The van der Waals surface area contributed by atoms with Gasteiger partial charge in [0.05, 0.1) is 18.8 Å². The second-order valence-corrected chi connectivity index (χ2v) is 11.1. The quantitative estimate of drug-likeness (QED) is 0.712. The van der Waals surface area contributed by atoms with Crippen molar-refractivity contribution < 1.29 is 19.7 Å². The van der Waals surface area contributed by atoms with E-state index in [9.17, 15) is 10.2 Å². The third kappa shape index (κ3) is 3.11. The molecule has 154 valence electrons. The molecule has 4 heteroatoms. The van der Waals surface area contributed by atoms with E-state index in [-0.39, 0.29) is 35.1 Å². The van der Waals surface area contributed by atoms with Gasteiger partial charge in [0, 0.05) is 12.0 Å². The number of hydrogen-bond donors (Lipinski definition) is 2. The van der Waals surface area contributed by atoms with Gasteiger partial charge in [0.2, 0.25) is 0 Å².